The van der Waals surface area contributed by atoms with Crippen molar-refractivity contribution in [1.82, 2.24) is 0 Å². The maximum atomic E-state index is 2.57. The topological polar surface area (TPSA) is 3.24 Å². The second-order valence-electron chi connectivity index (χ2n) is 25.2. The second kappa shape index (κ2) is 16.0. The van der Waals surface area contributed by atoms with Crippen LogP contribution in [0.2, 0.25) is 0 Å². The highest BCUT2D eigenvalue weighted by atomic mass is 15.1. The molecule has 0 N–H and O–H groups in total. The minimum atomic E-state index is -0.524. The van der Waals surface area contributed by atoms with E-state index in [1.165, 1.54) is 128 Å². The smallest absolute Gasteiger partial charge is 0.0726 e. The zero-order chi connectivity index (χ0) is 52.3. The van der Waals surface area contributed by atoms with Gasteiger partial charge in [0.15, 0.2) is 0 Å². The fourth-order valence-corrected chi connectivity index (χ4v) is 14.4. The van der Waals surface area contributed by atoms with Crippen molar-refractivity contribution in [2.75, 3.05) is 4.90 Å². The van der Waals surface area contributed by atoms with Gasteiger partial charge in [-0.3, -0.25) is 0 Å². The molecule has 0 aliphatic heterocycles. The Labute approximate surface area is 450 Å². The molecular weight excluding hydrogens is 915 g/mol. The predicted octanol–water partition coefficient (Wildman–Crippen LogP) is 20.0. The number of anilines is 3. The third-order valence-electron chi connectivity index (χ3n) is 18.2. The van der Waals surface area contributed by atoms with E-state index in [1.54, 1.807) is 0 Å². The molecule has 0 atom stereocenters. The van der Waals surface area contributed by atoms with Gasteiger partial charge >= 0.3 is 0 Å². The molecule has 0 fully saturated rings. The summed E-state index contributed by atoms with van der Waals surface area (Å²) in [5.41, 5.74) is 31.8. The van der Waals surface area contributed by atoms with Crippen molar-refractivity contribution in [2.45, 2.75) is 96.3 Å². The highest BCUT2D eigenvalue weighted by Gasteiger charge is 2.53. The first-order valence-corrected chi connectivity index (χ1v) is 27.5. The molecule has 1 heteroatoms. The first-order chi connectivity index (χ1) is 36.5. The summed E-state index contributed by atoms with van der Waals surface area (Å²) in [6, 6.07) is 81.8. The number of hydrogen-bond acceptors (Lipinski definition) is 1. The molecule has 10 aromatic rings. The van der Waals surface area contributed by atoms with Gasteiger partial charge < -0.3 is 4.90 Å². The lowest BCUT2D eigenvalue weighted by atomic mass is 9.69. The molecule has 0 unspecified atom stereocenters. The summed E-state index contributed by atoms with van der Waals surface area (Å²) in [6.45, 7) is 23.7. The normalized spacial score (nSPS) is 15.3. The predicted molar refractivity (Wildman–Crippen MR) is 321 cm³/mol. The summed E-state index contributed by atoms with van der Waals surface area (Å²) in [6.07, 6.45) is 0. The van der Waals surface area contributed by atoms with Gasteiger partial charge in [0.1, 0.15) is 0 Å². The van der Waals surface area contributed by atoms with E-state index >= 15 is 0 Å². The Kier molecular flexibility index (Phi) is 9.80. The molecule has 0 saturated heterocycles. The first-order valence-electron chi connectivity index (χ1n) is 27.5. The van der Waals surface area contributed by atoms with Gasteiger partial charge in [0, 0.05) is 27.8 Å². The van der Waals surface area contributed by atoms with Crippen molar-refractivity contribution < 1.29 is 0 Å². The van der Waals surface area contributed by atoms with Crippen molar-refractivity contribution in [3.8, 4) is 66.8 Å². The average molecular weight is 980 g/mol. The molecule has 4 aliphatic carbocycles. The van der Waals surface area contributed by atoms with Crippen molar-refractivity contribution in [3.63, 3.8) is 0 Å². The summed E-state index contributed by atoms with van der Waals surface area (Å²) >= 11 is 0. The van der Waals surface area contributed by atoms with E-state index in [-0.39, 0.29) is 21.7 Å². The van der Waals surface area contributed by atoms with E-state index in [0.717, 1.165) is 11.4 Å². The summed E-state index contributed by atoms with van der Waals surface area (Å²) in [4.78, 5) is 2.57. The van der Waals surface area contributed by atoms with Gasteiger partial charge in [-0.1, -0.05) is 251 Å². The van der Waals surface area contributed by atoms with Crippen LogP contribution in [-0.2, 0) is 27.1 Å². The van der Waals surface area contributed by atoms with Crippen LogP contribution < -0.4 is 4.90 Å². The molecule has 0 radical (unpaired) electrons. The molecule has 0 bridgehead atoms. The Morgan fingerprint density at radius 2 is 0.737 bits per heavy atom. The Morgan fingerprint density at radius 1 is 0.303 bits per heavy atom. The van der Waals surface area contributed by atoms with Crippen LogP contribution in [0.3, 0.4) is 0 Å². The van der Waals surface area contributed by atoms with Crippen LogP contribution in [0.5, 0.6) is 0 Å². The summed E-state index contributed by atoms with van der Waals surface area (Å²) in [7, 11) is 0. The van der Waals surface area contributed by atoms with Crippen LogP contribution in [0.25, 0.3) is 66.8 Å². The van der Waals surface area contributed by atoms with Gasteiger partial charge in [-0.15, -0.1) is 0 Å². The number of fused-ring (bicyclic) bond motifs is 16. The number of nitrogens with zero attached hydrogens (tertiary/aromatic N) is 1. The number of rotatable bonds is 5. The lowest BCUT2D eigenvalue weighted by Gasteiger charge is -2.33. The molecule has 0 aromatic heterocycles. The van der Waals surface area contributed by atoms with E-state index < -0.39 is 5.41 Å². The molecule has 370 valence electrons. The zero-order valence-electron chi connectivity index (χ0n) is 45.7. The van der Waals surface area contributed by atoms with Crippen molar-refractivity contribution in [2.24, 2.45) is 0 Å². The molecule has 10 aromatic carbocycles. The fraction of sp³-hybridized carbons (Fsp3) is 0.200. The summed E-state index contributed by atoms with van der Waals surface area (Å²) in [5.74, 6) is 0. The fourth-order valence-electron chi connectivity index (χ4n) is 14.4. The average Bonchev–Trinajstić information content (AvgIpc) is 4.28. The van der Waals surface area contributed by atoms with Gasteiger partial charge in [-0.05, 0) is 158 Å². The van der Waals surface area contributed by atoms with E-state index in [1.807, 2.05) is 0 Å². The van der Waals surface area contributed by atoms with Crippen LogP contribution in [0.1, 0.15) is 125 Å². The third kappa shape index (κ3) is 6.38. The van der Waals surface area contributed by atoms with Crippen molar-refractivity contribution in [1.29, 1.82) is 0 Å². The number of hydrogen-bond donors (Lipinski definition) is 0. The first kappa shape index (κ1) is 46.5. The van der Waals surface area contributed by atoms with Gasteiger partial charge in [0.25, 0.3) is 0 Å². The van der Waals surface area contributed by atoms with Crippen molar-refractivity contribution in [3.05, 3.63) is 268 Å². The Balaban J connectivity index is 0.993. The molecule has 0 saturated carbocycles. The highest BCUT2D eigenvalue weighted by molar-refractivity contribution is 6.02. The molecule has 14 rings (SSSR count). The van der Waals surface area contributed by atoms with E-state index in [4.69, 9.17) is 0 Å². The summed E-state index contributed by atoms with van der Waals surface area (Å²) < 4.78 is 0. The SMILES string of the molecule is CC(C)(C)c1ccc2c(c1)C1(c3cc(C(C)(C)C)ccc3-2)c2ccccc2-c2c(N(c3ccc(-c4ccccc4-c4cccc5c4C(C)(C)c4ccccc4-5)cc3)c3ccc4c(c3)C(C)(C)c3ccccc3-4)cccc21. The molecule has 0 heterocycles. The molecule has 1 nitrogen and oxygen atoms in total. The van der Waals surface area contributed by atoms with Crippen LogP contribution in [0.15, 0.2) is 212 Å². The Morgan fingerprint density at radius 3 is 1.36 bits per heavy atom. The quantitative estimate of drug-likeness (QED) is 0.166. The Hall–Kier alpha value is -8.00. The van der Waals surface area contributed by atoms with Gasteiger partial charge in [0.05, 0.1) is 11.1 Å². The van der Waals surface area contributed by atoms with Crippen LogP contribution >= 0.6 is 0 Å². The maximum absolute atomic E-state index is 2.57. The van der Waals surface area contributed by atoms with Gasteiger partial charge in [-0.25, -0.2) is 0 Å². The lowest BCUT2D eigenvalue weighted by Crippen LogP contribution is -2.27. The third-order valence-corrected chi connectivity index (χ3v) is 18.2. The largest absolute Gasteiger partial charge is 0.310 e. The van der Waals surface area contributed by atoms with E-state index in [0.29, 0.717) is 0 Å². The maximum Gasteiger partial charge on any atom is 0.0726 e. The van der Waals surface area contributed by atoms with E-state index in [2.05, 4.69) is 286 Å². The van der Waals surface area contributed by atoms with Crippen LogP contribution in [-0.4, -0.2) is 0 Å². The van der Waals surface area contributed by atoms with Gasteiger partial charge in [-0.2, -0.15) is 0 Å². The molecule has 0 amide bonds. The standard InChI is InChI=1S/C75H65N/c1-71(2,3)47-35-40-56-57-41-36-48(72(4,5)6)44-67(57)75(66(56)43-47)63-30-18-15-25-60(63)69-64(75)31-20-32-68(69)76(50-39-42-55-53-23-13-16-28-61(53)73(7,8)65(55)45-50)49-37-33-46(34-38-49)51-21-11-12-22-52(51)58-26-19-27-59-54-24-14-17-29-62(54)74(9,10)70(58)59/h11-45H,1-10H3. The van der Waals surface area contributed by atoms with Crippen molar-refractivity contribution >= 4 is 17.1 Å². The van der Waals surface area contributed by atoms with E-state index in [9.17, 15) is 0 Å². The molecular formula is C75H65N. The molecule has 4 aliphatic rings. The monoisotopic (exact) mass is 980 g/mol. The zero-order valence-corrected chi connectivity index (χ0v) is 45.7. The lowest BCUT2D eigenvalue weighted by molar-refractivity contribution is 0.586. The van der Waals surface area contributed by atoms with Crippen LogP contribution in [0.4, 0.5) is 17.1 Å². The number of benzene rings is 10. The minimum Gasteiger partial charge on any atom is -0.310 e. The highest BCUT2D eigenvalue weighted by Crippen LogP contribution is 2.66. The minimum absolute atomic E-state index is 0.0293. The molecule has 76 heavy (non-hydrogen) atoms. The second-order valence-corrected chi connectivity index (χ2v) is 25.2. The Bertz CT molecular complexity index is 4000. The summed E-state index contributed by atoms with van der Waals surface area (Å²) in [5, 5.41) is 0. The molecule has 1 spiro atoms. The van der Waals surface area contributed by atoms with Crippen LogP contribution in [0, 0.1) is 0 Å². The van der Waals surface area contributed by atoms with Gasteiger partial charge in [0.2, 0.25) is 0 Å².